The number of nitrogens with zero attached hydrogens (tertiary/aromatic N) is 2. The van der Waals surface area contributed by atoms with Crippen molar-refractivity contribution >= 4 is 40.8 Å². The third-order valence-corrected chi connectivity index (χ3v) is 6.49. The number of likely N-dealkylation sites (N-methyl/N-ethyl adjacent to an activating group) is 1. The van der Waals surface area contributed by atoms with Gasteiger partial charge in [0.2, 0.25) is 0 Å². The van der Waals surface area contributed by atoms with Crippen LogP contribution in [0.3, 0.4) is 0 Å². The lowest BCUT2D eigenvalue weighted by Gasteiger charge is -2.21. The fourth-order valence-electron chi connectivity index (χ4n) is 4.30. The van der Waals surface area contributed by atoms with Gasteiger partial charge in [0.15, 0.2) is 0 Å². The molecule has 3 heterocycles. The number of benzene rings is 2. The first-order chi connectivity index (χ1) is 16.4. The summed E-state index contributed by atoms with van der Waals surface area (Å²) < 4.78 is 19.7. The van der Waals surface area contributed by atoms with Gasteiger partial charge < -0.3 is 19.5 Å². The standard InChI is InChI=1S/C26H23ClFN3O3/c1-30-9-2-10-31(12-11-30)26(33)16-3-6-22(27)21(13-16)24-8-5-18(34-24)15-20-19-14-17(28)4-7-23(19)29-25(20)32/h3-8,13-15H,2,9-12H2,1H3,(H,29,32). The van der Waals surface area contributed by atoms with E-state index in [2.05, 4.69) is 17.3 Å². The number of halogens is 2. The zero-order valence-corrected chi connectivity index (χ0v) is 19.4. The number of amides is 2. The van der Waals surface area contributed by atoms with Crippen LogP contribution in [-0.2, 0) is 4.79 Å². The number of fused-ring (bicyclic) bond motifs is 1. The molecule has 1 aromatic heterocycles. The van der Waals surface area contributed by atoms with Crippen LogP contribution in [0.2, 0.25) is 5.02 Å². The van der Waals surface area contributed by atoms with Gasteiger partial charge >= 0.3 is 0 Å². The minimum atomic E-state index is -0.425. The second-order valence-electron chi connectivity index (χ2n) is 8.55. The molecule has 0 atom stereocenters. The molecule has 5 rings (SSSR count). The molecule has 2 aliphatic rings. The maximum atomic E-state index is 13.7. The highest BCUT2D eigenvalue weighted by Crippen LogP contribution is 2.35. The van der Waals surface area contributed by atoms with Crippen LogP contribution >= 0.6 is 11.6 Å². The van der Waals surface area contributed by atoms with E-state index >= 15 is 0 Å². The summed E-state index contributed by atoms with van der Waals surface area (Å²) in [4.78, 5) is 29.6. The number of carbonyl (C=O) groups excluding carboxylic acids is 2. The van der Waals surface area contributed by atoms with Crippen LogP contribution in [0, 0.1) is 5.82 Å². The van der Waals surface area contributed by atoms with E-state index in [-0.39, 0.29) is 11.8 Å². The first-order valence-corrected chi connectivity index (χ1v) is 11.5. The van der Waals surface area contributed by atoms with Crippen molar-refractivity contribution in [1.82, 2.24) is 9.80 Å². The second-order valence-corrected chi connectivity index (χ2v) is 8.95. The topological polar surface area (TPSA) is 65.8 Å². The van der Waals surface area contributed by atoms with E-state index in [9.17, 15) is 14.0 Å². The average Bonchev–Trinajstić information content (AvgIpc) is 3.33. The average molecular weight is 480 g/mol. The van der Waals surface area contributed by atoms with Gasteiger partial charge in [0.25, 0.3) is 11.8 Å². The Kier molecular flexibility index (Phi) is 5.98. The molecule has 0 radical (unpaired) electrons. The van der Waals surface area contributed by atoms with Gasteiger partial charge in [-0.1, -0.05) is 11.6 Å². The van der Waals surface area contributed by atoms with Crippen molar-refractivity contribution in [1.29, 1.82) is 0 Å². The van der Waals surface area contributed by atoms with E-state index in [4.69, 9.17) is 16.0 Å². The fourth-order valence-corrected chi connectivity index (χ4v) is 4.51. The molecule has 2 aliphatic heterocycles. The van der Waals surface area contributed by atoms with E-state index in [0.29, 0.717) is 57.6 Å². The van der Waals surface area contributed by atoms with Gasteiger partial charge in [-0.2, -0.15) is 0 Å². The molecular formula is C26H23ClFN3O3. The highest BCUT2D eigenvalue weighted by molar-refractivity contribution is 6.35. The Hall–Kier alpha value is -3.42. The molecule has 2 amide bonds. The third kappa shape index (κ3) is 4.36. The SMILES string of the molecule is CN1CCCN(C(=O)c2ccc(Cl)c(-c3ccc(C=C4C(=O)Nc5ccc(F)cc54)o3)c2)CC1. The number of anilines is 1. The molecular weight excluding hydrogens is 457 g/mol. The van der Waals surface area contributed by atoms with Gasteiger partial charge in [0, 0.05) is 42.0 Å². The quantitative estimate of drug-likeness (QED) is 0.536. The molecule has 2 aromatic carbocycles. The molecule has 0 aliphatic carbocycles. The van der Waals surface area contributed by atoms with Gasteiger partial charge in [-0.25, -0.2) is 4.39 Å². The van der Waals surface area contributed by atoms with Crippen molar-refractivity contribution < 1.29 is 18.4 Å². The lowest BCUT2D eigenvalue weighted by Crippen LogP contribution is -2.34. The maximum Gasteiger partial charge on any atom is 0.256 e. The van der Waals surface area contributed by atoms with E-state index < -0.39 is 5.82 Å². The highest BCUT2D eigenvalue weighted by Gasteiger charge is 2.25. The molecule has 0 saturated carbocycles. The molecule has 3 aromatic rings. The summed E-state index contributed by atoms with van der Waals surface area (Å²) in [6.45, 7) is 3.19. The highest BCUT2D eigenvalue weighted by atomic mass is 35.5. The van der Waals surface area contributed by atoms with Crippen LogP contribution in [0.15, 0.2) is 52.9 Å². The maximum absolute atomic E-state index is 13.7. The zero-order valence-electron chi connectivity index (χ0n) is 18.6. The zero-order chi connectivity index (χ0) is 23.8. The number of carbonyl (C=O) groups is 2. The van der Waals surface area contributed by atoms with Gasteiger partial charge in [-0.15, -0.1) is 0 Å². The van der Waals surface area contributed by atoms with Crippen LogP contribution < -0.4 is 5.32 Å². The monoisotopic (exact) mass is 479 g/mol. The van der Waals surface area contributed by atoms with Crippen molar-refractivity contribution in [3.63, 3.8) is 0 Å². The number of hydrogen-bond donors (Lipinski definition) is 1. The summed E-state index contributed by atoms with van der Waals surface area (Å²) >= 11 is 6.44. The Balaban J connectivity index is 1.43. The first kappa shape index (κ1) is 22.4. The normalized spacial score (nSPS) is 17.6. The van der Waals surface area contributed by atoms with Crippen molar-refractivity contribution in [2.24, 2.45) is 0 Å². The Bertz CT molecular complexity index is 1320. The minimum absolute atomic E-state index is 0.0385. The Labute approximate surface area is 201 Å². The molecule has 0 unspecified atom stereocenters. The molecule has 174 valence electrons. The molecule has 1 fully saturated rings. The van der Waals surface area contributed by atoms with E-state index in [1.807, 2.05) is 4.90 Å². The lowest BCUT2D eigenvalue weighted by atomic mass is 10.1. The molecule has 34 heavy (non-hydrogen) atoms. The Morgan fingerprint density at radius 1 is 1.06 bits per heavy atom. The van der Waals surface area contributed by atoms with Crippen LogP contribution in [0.5, 0.6) is 0 Å². The van der Waals surface area contributed by atoms with E-state index in [1.54, 1.807) is 36.4 Å². The number of nitrogens with one attached hydrogen (secondary N) is 1. The Morgan fingerprint density at radius 3 is 2.76 bits per heavy atom. The number of furan rings is 1. The summed E-state index contributed by atoms with van der Waals surface area (Å²) in [5.41, 5.74) is 2.48. The fraction of sp³-hybridized carbons (Fsp3) is 0.231. The summed E-state index contributed by atoms with van der Waals surface area (Å²) in [6, 6.07) is 12.7. The minimum Gasteiger partial charge on any atom is -0.457 e. The predicted molar refractivity (Wildman–Crippen MR) is 130 cm³/mol. The number of rotatable bonds is 3. The van der Waals surface area contributed by atoms with Gasteiger partial charge in [0.1, 0.15) is 17.3 Å². The molecule has 1 N–H and O–H groups in total. The van der Waals surface area contributed by atoms with Crippen LogP contribution in [-0.4, -0.2) is 54.8 Å². The second kappa shape index (κ2) is 9.08. The largest absolute Gasteiger partial charge is 0.457 e. The molecule has 1 saturated heterocycles. The molecule has 8 heteroatoms. The van der Waals surface area contributed by atoms with Crippen molar-refractivity contribution in [3.8, 4) is 11.3 Å². The molecule has 0 bridgehead atoms. The Morgan fingerprint density at radius 2 is 1.91 bits per heavy atom. The lowest BCUT2D eigenvalue weighted by molar-refractivity contribution is -0.110. The summed E-state index contributed by atoms with van der Waals surface area (Å²) in [5.74, 6) is 0.0989. The van der Waals surface area contributed by atoms with E-state index in [0.717, 1.165) is 19.5 Å². The number of hydrogen-bond acceptors (Lipinski definition) is 4. The van der Waals surface area contributed by atoms with Crippen LogP contribution in [0.25, 0.3) is 23.0 Å². The van der Waals surface area contributed by atoms with Crippen molar-refractivity contribution in [3.05, 3.63) is 76.3 Å². The predicted octanol–water partition coefficient (Wildman–Crippen LogP) is 5.01. The first-order valence-electron chi connectivity index (χ1n) is 11.1. The summed E-state index contributed by atoms with van der Waals surface area (Å²) in [6.07, 6.45) is 2.50. The van der Waals surface area contributed by atoms with Crippen molar-refractivity contribution in [2.75, 3.05) is 38.5 Å². The van der Waals surface area contributed by atoms with Crippen LogP contribution in [0.1, 0.15) is 28.1 Å². The smallest absolute Gasteiger partial charge is 0.256 e. The summed E-state index contributed by atoms with van der Waals surface area (Å²) in [7, 11) is 2.06. The van der Waals surface area contributed by atoms with E-state index in [1.165, 1.54) is 18.2 Å². The molecule has 0 spiro atoms. The molecule has 6 nitrogen and oxygen atoms in total. The van der Waals surface area contributed by atoms with Crippen molar-refractivity contribution in [2.45, 2.75) is 6.42 Å². The summed E-state index contributed by atoms with van der Waals surface area (Å²) in [5, 5.41) is 3.17. The van der Waals surface area contributed by atoms with Crippen LogP contribution in [0.4, 0.5) is 10.1 Å². The third-order valence-electron chi connectivity index (χ3n) is 6.16. The van der Waals surface area contributed by atoms with Gasteiger partial charge in [-0.3, -0.25) is 9.59 Å². The van der Waals surface area contributed by atoms with Gasteiger partial charge in [0.05, 0.1) is 10.6 Å². The van der Waals surface area contributed by atoms with Gasteiger partial charge in [-0.05, 0) is 74.6 Å².